The van der Waals surface area contributed by atoms with E-state index >= 15 is 0 Å². The molecule has 1 heterocycles. The fourth-order valence-corrected chi connectivity index (χ4v) is 4.20. The Labute approximate surface area is 120 Å². The first-order valence-electron chi connectivity index (χ1n) is 7.78. The van der Waals surface area contributed by atoms with Crippen molar-refractivity contribution in [3.05, 3.63) is 0 Å². The number of morpholine rings is 1. The number of carbonyl (C=O) groups excluding carboxylic acids is 2. The SMILES string of the molecule is CC(NC(=O)CN1CCOCC1=O)C1CC2CCC1C2. The van der Waals surface area contributed by atoms with Crippen molar-refractivity contribution in [2.24, 2.45) is 17.8 Å². The van der Waals surface area contributed by atoms with Crippen molar-refractivity contribution in [1.82, 2.24) is 10.2 Å². The van der Waals surface area contributed by atoms with Crippen molar-refractivity contribution in [1.29, 1.82) is 0 Å². The lowest BCUT2D eigenvalue weighted by Crippen LogP contribution is -2.49. The summed E-state index contributed by atoms with van der Waals surface area (Å²) in [7, 11) is 0. The zero-order chi connectivity index (χ0) is 14.1. The molecule has 0 aromatic rings. The molecule has 0 aromatic heterocycles. The Bertz CT molecular complexity index is 399. The van der Waals surface area contributed by atoms with Gasteiger partial charge < -0.3 is 15.0 Å². The van der Waals surface area contributed by atoms with E-state index in [0.29, 0.717) is 19.1 Å². The van der Waals surface area contributed by atoms with Crippen LogP contribution in [0.2, 0.25) is 0 Å². The second-order valence-electron chi connectivity index (χ2n) is 6.56. The van der Waals surface area contributed by atoms with E-state index in [9.17, 15) is 9.59 Å². The number of amides is 2. The Balaban J connectivity index is 1.47. The summed E-state index contributed by atoms with van der Waals surface area (Å²) in [5.74, 6) is 2.22. The van der Waals surface area contributed by atoms with E-state index < -0.39 is 0 Å². The van der Waals surface area contributed by atoms with Crippen LogP contribution in [0.15, 0.2) is 0 Å². The van der Waals surface area contributed by atoms with E-state index in [-0.39, 0.29) is 31.0 Å². The predicted molar refractivity (Wildman–Crippen MR) is 73.9 cm³/mol. The maximum absolute atomic E-state index is 12.1. The lowest BCUT2D eigenvalue weighted by atomic mass is 9.84. The van der Waals surface area contributed by atoms with Crippen LogP contribution in [-0.2, 0) is 14.3 Å². The maximum atomic E-state index is 12.1. The molecule has 1 N–H and O–H groups in total. The monoisotopic (exact) mass is 280 g/mol. The zero-order valence-electron chi connectivity index (χ0n) is 12.1. The second kappa shape index (κ2) is 5.72. The topological polar surface area (TPSA) is 58.6 Å². The van der Waals surface area contributed by atoms with Gasteiger partial charge in [-0.3, -0.25) is 9.59 Å². The molecule has 4 unspecified atom stereocenters. The van der Waals surface area contributed by atoms with Gasteiger partial charge in [-0.1, -0.05) is 6.42 Å². The number of rotatable bonds is 4. The Morgan fingerprint density at radius 2 is 2.30 bits per heavy atom. The minimum Gasteiger partial charge on any atom is -0.370 e. The molecule has 5 heteroatoms. The predicted octanol–water partition coefficient (Wildman–Crippen LogP) is 0.786. The van der Waals surface area contributed by atoms with E-state index in [0.717, 1.165) is 11.8 Å². The first-order valence-corrected chi connectivity index (χ1v) is 7.78. The molecule has 1 aliphatic heterocycles. The second-order valence-corrected chi connectivity index (χ2v) is 6.56. The van der Waals surface area contributed by atoms with E-state index in [2.05, 4.69) is 12.2 Å². The fraction of sp³-hybridized carbons (Fsp3) is 0.867. The quantitative estimate of drug-likeness (QED) is 0.828. The normalized spacial score (nSPS) is 34.4. The lowest BCUT2D eigenvalue weighted by molar-refractivity contribution is -0.146. The van der Waals surface area contributed by atoms with Crippen LogP contribution >= 0.6 is 0 Å². The van der Waals surface area contributed by atoms with Gasteiger partial charge in [-0.2, -0.15) is 0 Å². The van der Waals surface area contributed by atoms with E-state index in [1.54, 1.807) is 4.90 Å². The van der Waals surface area contributed by atoms with Crippen molar-refractivity contribution in [2.45, 2.75) is 38.6 Å². The van der Waals surface area contributed by atoms with E-state index in [1.165, 1.54) is 25.7 Å². The van der Waals surface area contributed by atoms with Crippen LogP contribution < -0.4 is 5.32 Å². The average Bonchev–Trinajstić information content (AvgIpc) is 3.03. The molecule has 2 saturated carbocycles. The summed E-state index contributed by atoms with van der Waals surface area (Å²) in [6.45, 7) is 3.45. The molecule has 0 radical (unpaired) electrons. The van der Waals surface area contributed by atoms with Crippen molar-refractivity contribution in [2.75, 3.05) is 26.3 Å². The summed E-state index contributed by atoms with van der Waals surface area (Å²) >= 11 is 0. The maximum Gasteiger partial charge on any atom is 0.249 e. The van der Waals surface area contributed by atoms with Crippen molar-refractivity contribution >= 4 is 11.8 Å². The minimum absolute atomic E-state index is 0.0319. The molecule has 3 rings (SSSR count). The zero-order valence-corrected chi connectivity index (χ0v) is 12.1. The molecule has 3 fully saturated rings. The highest BCUT2D eigenvalue weighted by atomic mass is 16.5. The molecule has 112 valence electrons. The van der Waals surface area contributed by atoms with Gasteiger partial charge in [0.25, 0.3) is 0 Å². The third kappa shape index (κ3) is 2.82. The number of ether oxygens (including phenoxy) is 1. The summed E-state index contributed by atoms with van der Waals surface area (Å²) in [5, 5.41) is 3.10. The van der Waals surface area contributed by atoms with Gasteiger partial charge in [-0.15, -0.1) is 0 Å². The highest BCUT2D eigenvalue weighted by Gasteiger charge is 2.42. The summed E-state index contributed by atoms with van der Waals surface area (Å²) in [6.07, 6.45) is 5.33. The number of nitrogens with one attached hydrogen (secondary N) is 1. The number of hydrogen-bond donors (Lipinski definition) is 1. The Kier molecular flexibility index (Phi) is 3.96. The molecule has 4 atom stereocenters. The van der Waals surface area contributed by atoms with Crippen LogP contribution in [0.5, 0.6) is 0 Å². The molecule has 0 aromatic carbocycles. The van der Waals surface area contributed by atoms with Gasteiger partial charge in [0.15, 0.2) is 0 Å². The van der Waals surface area contributed by atoms with Crippen LogP contribution in [-0.4, -0.2) is 49.1 Å². The number of carbonyl (C=O) groups is 2. The summed E-state index contributed by atoms with van der Waals surface area (Å²) in [5.41, 5.74) is 0. The Hall–Kier alpha value is -1.10. The highest BCUT2D eigenvalue weighted by Crippen LogP contribution is 2.49. The number of fused-ring (bicyclic) bond motifs is 2. The lowest BCUT2D eigenvalue weighted by Gasteiger charge is -2.30. The average molecular weight is 280 g/mol. The van der Waals surface area contributed by atoms with Crippen molar-refractivity contribution in [3.8, 4) is 0 Å². The number of nitrogens with zero attached hydrogens (tertiary/aromatic N) is 1. The van der Waals surface area contributed by atoms with E-state index in [1.807, 2.05) is 0 Å². The Morgan fingerprint density at radius 1 is 1.45 bits per heavy atom. The highest BCUT2D eigenvalue weighted by molar-refractivity contribution is 5.85. The molecule has 2 amide bonds. The largest absolute Gasteiger partial charge is 0.370 e. The Morgan fingerprint density at radius 3 is 2.95 bits per heavy atom. The van der Waals surface area contributed by atoms with Crippen LogP contribution in [0, 0.1) is 17.8 Å². The van der Waals surface area contributed by atoms with Gasteiger partial charge in [0.2, 0.25) is 11.8 Å². The van der Waals surface area contributed by atoms with Gasteiger partial charge in [0.05, 0.1) is 13.2 Å². The molecule has 5 nitrogen and oxygen atoms in total. The van der Waals surface area contributed by atoms with Crippen molar-refractivity contribution in [3.63, 3.8) is 0 Å². The van der Waals surface area contributed by atoms with Crippen molar-refractivity contribution < 1.29 is 14.3 Å². The van der Waals surface area contributed by atoms with Gasteiger partial charge >= 0.3 is 0 Å². The molecule has 3 aliphatic rings. The van der Waals surface area contributed by atoms with Crippen LogP contribution in [0.1, 0.15) is 32.6 Å². The molecule has 20 heavy (non-hydrogen) atoms. The molecule has 1 saturated heterocycles. The first-order chi connectivity index (χ1) is 9.63. The van der Waals surface area contributed by atoms with Gasteiger partial charge in [-0.05, 0) is 43.9 Å². The molecular weight excluding hydrogens is 256 g/mol. The smallest absolute Gasteiger partial charge is 0.249 e. The third-order valence-electron chi connectivity index (χ3n) is 5.24. The standard InChI is InChI=1S/C15H24N2O3/c1-10(13-7-11-2-3-12(13)6-11)16-14(18)8-17-4-5-20-9-15(17)19/h10-13H,2-9H2,1H3,(H,16,18). The van der Waals surface area contributed by atoms with Crippen LogP contribution in [0.25, 0.3) is 0 Å². The van der Waals surface area contributed by atoms with Crippen LogP contribution in [0.3, 0.4) is 0 Å². The molecule has 2 bridgehead atoms. The number of hydrogen-bond acceptors (Lipinski definition) is 3. The molecule has 0 spiro atoms. The molecule has 2 aliphatic carbocycles. The van der Waals surface area contributed by atoms with Crippen LogP contribution in [0.4, 0.5) is 0 Å². The molecular formula is C15H24N2O3. The minimum atomic E-state index is -0.0843. The third-order valence-corrected chi connectivity index (χ3v) is 5.24. The van der Waals surface area contributed by atoms with Gasteiger partial charge in [-0.25, -0.2) is 0 Å². The summed E-state index contributed by atoms with van der Waals surface area (Å²) in [4.78, 5) is 25.3. The van der Waals surface area contributed by atoms with E-state index in [4.69, 9.17) is 4.74 Å². The summed E-state index contributed by atoms with van der Waals surface area (Å²) < 4.78 is 5.07. The summed E-state index contributed by atoms with van der Waals surface area (Å²) in [6, 6.07) is 0.231. The first kappa shape index (κ1) is 13.9. The van der Waals surface area contributed by atoms with Gasteiger partial charge in [0.1, 0.15) is 6.61 Å². The van der Waals surface area contributed by atoms with Gasteiger partial charge in [0, 0.05) is 12.6 Å². The fourth-order valence-electron chi connectivity index (χ4n) is 4.20.